The van der Waals surface area contributed by atoms with E-state index >= 15 is 0 Å². The Hall–Kier alpha value is -2.59. The number of carboxylic acids is 1. The molecule has 24 heavy (non-hydrogen) atoms. The molecule has 0 atom stereocenters. The fraction of sp³-hybridized carbons (Fsp3) is 0.158. The van der Waals surface area contributed by atoms with E-state index in [0.29, 0.717) is 22.8 Å². The van der Waals surface area contributed by atoms with E-state index < -0.39 is 5.97 Å². The van der Waals surface area contributed by atoms with Gasteiger partial charge in [0.1, 0.15) is 5.56 Å². The molecule has 0 aliphatic heterocycles. The predicted octanol–water partition coefficient (Wildman–Crippen LogP) is 4.84. The number of hydrogen-bond donors (Lipinski definition) is 1. The van der Waals surface area contributed by atoms with Gasteiger partial charge in [0, 0.05) is 10.6 Å². The zero-order valence-corrected chi connectivity index (χ0v) is 14.0. The number of aryl methyl sites for hydroxylation is 1. The van der Waals surface area contributed by atoms with Crippen molar-refractivity contribution in [1.29, 1.82) is 0 Å². The van der Waals surface area contributed by atoms with Crippen molar-refractivity contribution in [2.45, 2.75) is 19.8 Å². The minimum absolute atomic E-state index is 0.253. The summed E-state index contributed by atoms with van der Waals surface area (Å²) in [4.78, 5) is 11.9. The van der Waals surface area contributed by atoms with Crippen LogP contribution in [-0.4, -0.2) is 20.9 Å². The molecule has 0 radical (unpaired) electrons. The maximum absolute atomic E-state index is 11.9. The number of aromatic nitrogens is 2. The highest BCUT2D eigenvalue weighted by Gasteiger charge is 2.24. The number of halogens is 1. The SMILES string of the molecule is CCCc1nn(-c2cccc(Cl)c2)c(-c2ccccc2)c1C(=O)O. The molecule has 0 aliphatic carbocycles. The van der Waals surface area contributed by atoms with Crippen molar-refractivity contribution in [3.05, 3.63) is 70.9 Å². The number of rotatable bonds is 5. The van der Waals surface area contributed by atoms with E-state index in [0.717, 1.165) is 17.7 Å². The zero-order chi connectivity index (χ0) is 17.1. The van der Waals surface area contributed by atoms with E-state index in [2.05, 4.69) is 5.10 Å². The molecule has 3 aromatic rings. The van der Waals surface area contributed by atoms with Crippen LogP contribution in [0.1, 0.15) is 29.4 Å². The Morgan fingerprint density at radius 1 is 1.17 bits per heavy atom. The summed E-state index contributed by atoms with van der Waals surface area (Å²) in [6.07, 6.45) is 1.43. The highest BCUT2D eigenvalue weighted by Crippen LogP contribution is 2.30. The van der Waals surface area contributed by atoms with Gasteiger partial charge in [-0.2, -0.15) is 5.10 Å². The molecular formula is C19H17ClN2O2. The van der Waals surface area contributed by atoms with Gasteiger partial charge in [0.25, 0.3) is 0 Å². The van der Waals surface area contributed by atoms with E-state index in [1.807, 2.05) is 49.4 Å². The molecule has 0 saturated heterocycles. The Labute approximate surface area is 145 Å². The van der Waals surface area contributed by atoms with Gasteiger partial charge in [0.15, 0.2) is 0 Å². The van der Waals surface area contributed by atoms with Crippen LogP contribution in [0.5, 0.6) is 0 Å². The molecule has 0 saturated carbocycles. The molecule has 4 nitrogen and oxygen atoms in total. The highest BCUT2D eigenvalue weighted by atomic mass is 35.5. The van der Waals surface area contributed by atoms with Crippen molar-refractivity contribution in [3.63, 3.8) is 0 Å². The van der Waals surface area contributed by atoms with Crippen LogP contribution in [0.15, 0.2) is 54.6 Å². The molecule has 1 N–H and O–H groups in total. The van der Waals surface area contributed by atoms with Gasteiger partial charge in [0.2, 0.25) is 0 Å². The second kappa shape index (κ2) is 6.89. The highest BCUT2D eigenvalue weighted by molar-refractivity contribution is 6.30. The molecule has 5 heteroatoms. The minimum Gasteiger partial charge on any atom is -0.478 e. The second-order valence-corrected chi connectivity index (χ2v) is 5.92. The van der Waals surface area contributed by atoms with Gasteiger partial charge in [-0.15, -0.1) is 0 Å². The first-order valence-electron chi connectivity index (χ1n) is 7.78. The summed E-state index contributed by atoms with van der Waals surface area (Å²) in [6, 6.07) is 16.7. The Balaban J connectivity index is 2.32. The van der Waals surface area contributed by atoms with Gasteiger partial charge >= 0.3 is 5.97 Å². The summed E-state index contributed by atoms with van der Waals surface area (Å²) in [7, 11) is 0. The number of carboxylic acid groups (broad SMARTS) is 1. The Bertz CT molecular complexity index is 872. The van der Waals surface area contributed by atoms with Crippen LogP contribution in [0.4, 0.5) is 0 Å². The average molecular weight is 341 g/mol. The standard InChI is InChI=1S/C19H17ClN2O2/c1-2-7-16-17(19(23)24)18(13-8-4-3-5-9-13)22(21-16)15-11-6-10-14(20)12-15/h3-6,8-12H,2,7H2,1H3,(H,23,24). The van der Waals surface area contributed by atoms with Gasteiger partial charge in [-0.3, -0.25) is 0 Å². The molecule has 122 valence electrons. The van der Waals surface area contributed by atoms with E-state index in [-0.39, 0.29) is 5.56 Å². The van der Waals surface area contributed by atoms with Crippen molar-refractivity contribution in [1.82, 2.24) is 9.78 Å². The third kappa shape index (κ3) is 3.05. The molecule has 3 rings (SSSR count). The average Bonchev–Trinajstić information content (AvgIpc) is 2.95. The maximum Gasteiger partial charge on any atom is 0.339 e. The van der Waals surface area contributed by atoms with Crippen LogP contribution in [-0.2, 0) is 6.42 Å². The van der Waals surface area contributed by atoms with Gasteiger partial charge < -0.3 is 5.11 Å². The molecule has 1 heterocycles. The lowest BCUT2D eigenvalue weighted by Gasteiger charge is -2.09. The monoisotopic (exact) mass is 340 g/mol. The normalized spacial score (nSPS) is 10.8. The largest absolute Gasteiger partial charge is 0.478 e. The molecule has 0 spiro atoms. The second-order valence-electron chi connectivity index (χ2n) is 5.48. The van der Waals surface area contributed by atoms with Gasteiger partial charge in [0.05, 0.1) is 17.1 Å². The van der Waals surface area contributed by atoms with E-state index in [1.54, 1.807) is 16.8 Å². The minimum atomic E-state index is -0.967. The van der Waals surface area contributed by atoms with Crippen molar-refractivity contribution < 1.29 is 9.90 Å². The summed E-state index contributed by atoms with van der Waals surface area (Å²) in [5.41, 5.74) is 2.97. The van der Waals surface area contributed by atoms with Crippen LogP contribution in [0, 0.1) is 0 Å². The molecule has 1 aromatic heterocycles. The molecule has 0 amide bonds. The first-order chi connectivity index (χ1) is 11.6. The topological polar surface area (TPSA) is 55.1 Å². The van der Waals surface area contributed by atoms with Crippen molar-refractivity contribution in [2.75, 3.05) is 0 Å². The van der Waals surface area contributed by atoms with Gasteiger partial charge in [-0.05, 0) is 24.6 Å². The summed E-state index contributed by atoms with van der Waals surface area (Å²) < 4.78 is 1.68. The first-order valence-corrected chi connectivity index (χ1v) is 8.16. The van der Waals surface area contributed by atoms with Crippen LogP contribution >= 0.6 is 11.6 Å². The number of nitrogens with zero attached hydrogens (tertiary/aromatic N) is 2. The first kappa shape index (κ1) is 16.3. The van der Waals surface area contributed by atoms with E-state index in [9.17, 15) is 9.90 Å². The quantitative estimate of drug-likeness (QED) is 0.722. The smallest absolute Gasteiger partial charge is 0.339 e. The van der Waals surface area contributed by atoms with Crippen LogP contribution in [0.25, 0.3) is 16.9 Å². The number of benzene rings is 2. The molecule has 0 bridgehead atoms. The molecule has 0 aliphatic rings. The third-order valence-electron chi connectivity index (χ3n) is 3.76. The van der Waals surface area contributed by atoms with Crippen molar-refractivity contribution >= 4 is 17.6 Å². The van der Waals surface area contributed by atoms with Gasteiger partial charge in [-0.25, -0.2) is 9.48 Å². The fourth-order valence-electron chi connectivity index (χ4n) is 2.76. The maximum atomic E-state index is 11.9. The molecule has 0 unspecified atom stereocenters. The lowest BCUT2D eigenvalue weighted by atomic mass is 10.0. The molecule has 2 aromatic carbocycles. The van der Waals surface area contributed by atoms with Crippen LogP contribution in [0.3, 0.4) is 0 Å². The van der Waals surface area contributed by atoms with Crippen LogP contribution < -0.4 is 0 Å². The lowest BCUT2D eigenvalue weighted by molar-refractivity contribution is 0.0696. The van der Waals surface area contributed by atoms with Crippen LogP contribution in [0.2, 0.25) is 5.02 Å². The Morgan fingerprint density at radius 2 is 1.92 bits per heavy atom. The Morgan fingerprint density at radius 3 is 2.54 bits per heavy atom. The number of carbonyl (C=O) groups is 1. The zero-order valence-electron chi connectivity index (χ0n) is 13.2. The lowest BCUT2D eigenvalue weighted by Crippen LogP contribution is -2.03. The summed E-state index contributed by atoms with van der Waals surface area (Å²) in [5.74, 6) is -0.967. The third-order valence-corrected chi connectivity index (χ3v) is 3.99. The Kier molecular flexibility index (Phi) is 4.67. The van der Waals surface area contributed by atoms with Crippen molar-refractivity contribution in [2.24, 2.45) is 0 Å². The summed E-state index contributed by atoms with van der Waals surface area (Å²) in [6.45, 7) is 2.01. The van der Waals surface area contributed by atoms with E-state index in [4.69, 9.17) is 11.6 Å². The summed E-state index contributed by atoms with van der Waals surface area (Å²) in [5, 5.41) is 14.9. The number of aromatic carboxylic acids is 1. The van der Waals surface area contributed by atoms with Crippen molar-refractivity contribution in [3.8, 4) is 16.9 Å². The van der Waals surface area contributed by atoms with Gasteiger partial charge in [-0.1, -0.05) is 61.3 Å². The predicted molar refractivity (Wildman–Crippen MR) is 95.0 cm³/mol. The van der Waals surface area contributed by atoms with E-state index in [1.165, 1.54) is 0 Å². The number of hydrogen-bond acceptors (Lipinski definition) is 2. The molecular weight excluding hydrogens is 324 g/mol. The molecule has 0 fully saturated rings. The summed E-state index contributed by atoms with van der Waals surface area (Å²) >= 11 is 6.11. The fourth-order valence-corrected chi connectivity index (χ4v) is 2.94.